The second kappa shape index (κ2) is 6.93. The number of nitrogens with zero attached hydrogens (tertiary/aromatic N) is 2. The van der Waals surface area contributed by atoms with Crippen molar-refractivity contribution >= 4 is 11.8 Å². The Labute approximate surface area is 102 Å². The maximum atomic E-state index is 5.07. The van der Waals surface area contributed by atoms with Crippen LogP contribution in [0.4, 0.5) is 0 Å². The maximum Gasteiger partial charge on any atom is 0.0985 e. The van der Waals surface area contributed by atoms with Gasteiger partial charge < -0.3 is 10.1 Å². The molecular formula is C11H21N3OS. The Balaban J connectivity index is 2.71. The molecule has 1 heterocycles. The Bertz CT molecular complexity index is 325. The van der Waals surface area contributed by atoms with Gasteiger partial charge in [-0.25, -0.2) is 0 Å². The highest BCUT2D eigenvalue weighted by atomic mass is 32.2. The minimum atomic E-state index is 0.773. The molecule has 0 spiro atoms. The first kappa shape index (κ1) is 13.5. The van der Waals surface area contributed by atoms with Crippen LogP contribution in [0.1, 0.15) is 18.2 Å². The molecule has 1 rings (SSSR count). The summed E-state index contributed by atoms with van der Waals surface area (Å²) in [4.78, 5) is 0. The predicted molar refractivity (Wildman–Crippen MR) is 67.9 cm³/mol. The highest BCUT2D eigenvalue weighted by Crippen LogP contribution is 2.24. The van der Waals surface area contributed by atoms with Gasteiger partial charge in [0.1, 0.15) is 0 Å². The number of nitrogens with one attached hydrogen (secondary N) is 1. The van der Waals surface area contributed by atoms with Crippen molar-refractivity contribution in [2.75, 3.05) is 26.0 Å². The van der Waals surface area contributed by atoms with E-state index in [-0.39, 0.29) is 0 Å². The van der Waals surface area contributed by atoms with E-state index in [0.29, 0.717) is 0 Å². The van der Waals surface area contributed by atoms with Crippen molar-refractivity contribution in [3.05, 3.63) is 11.3 Å². The van der Waals surface area contributed by atoms with Gasteiger partial charge in [0, 0.05) is 32.0 Å². The standard InChI is InChI=1S/C11H21N3OS/c1-5-12-8-10-9(2)13-14(3)11(10)16-7-6-15-4/h12H,5-8H2,1-4H3. The van der Waals surface area contributed by atoms with Crippen molar-refractivity contribution < 1.29 is 4.74 Å². The highest BCUT2D eigenvalue weighted by molar-refractivity contribution is 7.99. The Hall–Kier alpha value is -0.520. The van der Waals surface area contributed by atoms with Crippen LogP contribution in [0.25, 0.3) is 0 Å². The zero-order valence-electron chi connectivity index (χ0n) is 10.5. The summed E-state index contributed by atoms with van der Waals surface area (Å²) < 4.78 is 7.03. The van der Waals surface area contributed by atoms with Crippen molar-refractivity contribution in [1.82, 2.24) is 15.1 Å². The van der Waals surface area contributed by atoms with E-state index in [4.69, 9.17) is 4.74 Å². The van der Waals surface area contributed by atoms with Crippen molar-refractivity contribution in [3.8, 4) is 0 Å². The second-order valence-corrected chi connectivity index (χ2v) is 4.70. The quantitative estimate of drug-likeness (QED) is 0.583. The van der Waals surface area contributed by atoms with Gasteiger partial charge in [-0.3, -0.25) is 4.68 Å². The molecule has 0 amide bonds. The fraction of sp³-hybridized carbons (Fsp3) is 0.727. The van der Waals surface area contributed by atoms with Gasteiger partial charge in [0.05, 0.1) is 17.3 Å². The Morgan fingerprint density at radius 2 is 2.25 bits per heavy atom. The molecule has 0 radical (unpaired) electrons. The summed E-state index contributed by atoms with van der Waals surface area (Å²) in [6.07, 6.45) is 0. The molecule has 0 fully saturated rings. The SMILES string of the molecule is CCNCc1c(C)nn(C)c1SCCOC. The minimum Gasteiger partial charge on any atom is -0.384 e. The molecule has 0 aliphatic carbocycles. The van der Waals surface area contributed by atoms with Gasteiger partial charge in [-0.1, -0.05) is 6.92 Å². The van der Waals surface area contributed by atoms with E-state index in [1.54, 1.807) is 18.9 Å². The van der Waals surface area contributed by atoms with Crippen LogP contribution in [0.3, 0.4) is 0 Å². The highest BCUT2D eigenvalue weighted by Gasteiger charge is 2.12. The molecule has 0 aliphatic heterocycles. The van der Waals surface area contributed by atoms with Crippen molar-refractivity contribution in [2.24, 2.45) is 7.05 Å². The Morgan fingerprint density at radius 1 is 1.50 bits per heavy atom. The first-order chi connectivity index (χ1) is 7.70. The molecule has 0 saturated carbocycles. The van der Waals surface area contributed by atoms with E-state index < -0.39 is 0 Å². The van der Waals surface area contributed by atoms with Gasteiger partial charge >= 0.3 is 0 Å². The molecule has 4 nitrogen and oxygen atoms in total. The van der Waals surface area contributed by atoms with Crippen LogP contribution >= 0.6 is 11.8 Å². The van der Waals surface area contributed by atoms with Crippen LogP contribution in [0.5, 0.6) is 0 Å². The second-order valence-electron chi connectivity index (χ2n) is 3.61. The smallest absolute Gasteiger partial charge is 0.0985 e. The molecule has 5 heteroatoms. The van der Waals surface area contributed by atoms with E-state index >= 15 is 0 Å². The minimum absolute atomic E-state index is 0.773. The molecule has 1 aromatic rings. The predicted octanol–water partition coefficient (Wildman–Crippen LogP) is 1.58. The Morgan fingerprint density at radius 3 is 2.88 bits per heavy atom. The number of methoxy groups -OCH3 is 1. The molecule has 0 saturated heterocycles. The van der Waals surface area contributed by atoms with Crippen molar-refractivity contribution in [3.63, 3.8) is 0 Å². The lowest BCUT2D eigenvalue weighted by Gasteiger charge is -2.06. The largest absolute Gasteiger partial charge is 0.384 e. The molecule has 0 bridgehead atoms. The van der Waals surface area contributed by atoms with Gasteiger partial charge in [0.2, 0.25) is 0 Å². The zero-order valence-corrected chi connectivity index (χ0v) is 11.4. The normalized spacial score (nSPS) is 11.0. The fourth-order valence-corrected chi connectivity index (χ4v) is 2.60. The van der Waals surface area contributed by atoms with Gasteiger partial charge in [0.15, 0.2) is 0 Å². The van der Waals surface area contributed by atoms with Gasteiger partial charge in [-0.15, -0.1) is 11.8 Å². The molecule has 1 aromatic heterocycles. The van der Waals surface area contributed by atoms with E-state index in [1.165, 1.54) is 10.6 Å². The van der Waals surface area contributed by atoms with Crippen LogP contribution in [-0.2, 0) is 18.3 Å². The third kappa shape index (κ3) is 3.50. The summed E-state index contributed by atoms with van der Waals surface area (Å²) in [6, 6.07) is 0. The van der Waals surface area contributed by atoms with E-state index in [2.05, 4.69) is 24.3 Å². The lowest BCUT2D eigenvalue weighted by atomic mass is 10.2. The van der Waals surface area contributed by atoms with E-state index in [9.17, 15) is 0 Å². The van der Waals surface area contributed by atoms with Gasteiger partial charge in [-0.05, 0) is 13.5 Å². The fourth-order valence-electron chi connectivity index (χ4n) is 1.54. The first-order valence-electron chi connectivity index (χ1n) is 5.55. The molecule has 16 heavy (non-hydrogen) atoms. The summed E-state index contributed by atoms with van der Waals surface area (Å²) >= 11 is 1.80. The molecule has 92 valence electrons. The zero-order chi connectivity index (χ0) is 12.0. The van der Waals surface area contributed by atoms with E-state index in [1.807, 2.05) is 11.7 Å². The summed E-state index contributed by atoms with van der Waals surface area (Å²) in [6.45, 7) is 6.83. The first-order valence-corrected chi connectivity index (χ1v) is 6.54. The summed E-state index contributed by atoms with van der Waals surface area (Å²) in [7, 11) is 3.73. The molecule has 0 unspecified atom stereocenters. The molecule has 0 aromatic carbocycles. The van der Waals surface area contributed by atoms with Crippen LogP contribution < -0.4 is 5.32 Å². The number of thioether (sulfide) groups is 1. The lowest BCUT2D eigenvalue weighted by Crippen LogP contribution is -2.13. The van der Waals surface area contributed by atoms with Crippen molar-refractivity contribution in [1.29, 1.82) is 0 Å². The van der Waals surface area contributed by atoms with E-state index in [0.717, 1.165) is 31.1 Å². The van der Waals surface area contributed by atoms with Gasteiger partial charge in [0.25, 0.3) is 0 Å². The topological polar surface area (TPSA) is 39.1 Å². The number of rotatable bonds is 7. The average Bonchev–Trinajstić information content (AvgIpc) is 2.52. The third-order valence-electron chi connectivity index (χ3n) is 2.37. The number of aromatic nitrogens is 2. The monoisotopic (exact) mass is 243 g/mol. The number of ether oxygens (including phenoxy) is 1. The molecule has 0 aliphatic rings. The van der Waals surface area contributed by atoms with Crippen LogP contribution in [0, 0.1) is 6.92 Å². The average molecular weight is 243 g/mol. The lowest BCUT2D eigenvalue weighted by molar-refractivity contribution is 0.218. The summed E-state index contributed by atoms with van der Waals surface area (Å²) in [5.74, 6) is 0.967. The Kier molecular flexibility index (Phi) is 5.87. The van der Waals surface area contributed by atoms with Gasteiger partial charge in [-0.2, -0.15) is 5.10 Å². The number of aryl methyl sites for hydroxylation is 2. The summed E-state index contributed by atoms with van der Waals surface area (Å²) in [5, 5.41) is 9.06. The number of hydrogen-bond donors (Lipinski definition) is 1. The van der Waals surface area contributed by atoms with Crippen LogP contribution in [-0.4, -0.2) is 35.8 Å². The van der Waals surface area contributed by atoms with Crippen LogP contribution in [0.2, 0.25) is 0 Å². The molecule has 0 atom stereocenters. The molecule has 1 N–H and O–H groups in total. The molecular weight excluding hydrogens is 222 g/mol. The number of hydrogen-bond acceptors (Lipinski definition) is 4. The maximum absolute atomic E-state index is 5.07. The summed E-state index contributed by atoms with van der Waals surface area (Å²) in [5.41, 5.74) is 2.42. The van der Waals surface area contributed by atoms with Crippen LogP contribution in [0.15, 0.2) is 5.03 Å². The third-order valence-corrected chi connectivity index (χ3v) is 3.52. The van der Waals surface area contributed by atoms with Crippen molar-refractivity contribution in [2.45, 2.75) is 25.4 Å².